The molecule has 3 N–H and O–H groups in total. The minimum absolute atomic E-state index is 0.389. The van der Waals surface area contributed by atoms with Gasteiger partial charge in [-0.1, -0.05) is 26.0 Å². The largest absolute Gasteiger partial charge is 0.399 e. The lowest BCUT2D eigenvalue weighted by Crippen LogP contribution is -2.25. The van der Waals surface area contributed by atoms with Crippen molar-refractivity contribution in [1.82, 2.24) is 5.32 Å². The van der Waals surface area contributed by atoms with E-state index in [-0.39, 0.29) is 0 Å². The summed E-state index contributed by atoms with van der Waals surface area (Å²) in [6.45, 7) is 6.45. The molecule has 0 saturated carbocycles. The van der Waals surface area contributed by atoms with Crippen molar-refractivity contribution in [2.45, 2.75) is 32.9 Å². The predicted molar refractivity (Wildman–Crippen MR) is 57.5 cm³/mol. The Morgan fingerprint density at radius 1 is 1.08 bits per heavy atom. The van der Waals surface area contributed by atoms with Gasteiger partial charge in [0.15, 0.2) is 0 Å². The van der Waals surface area contributed by atoms with Crippen molar-refractivity contribution in [2.24, 2.45) is 0 Å². The quantitative estimate of drug-likeness (QED) is 0.697. The maximum Gasteiger partial charge on any atom is 0.0314 e. The molecule has 0 spiro atoms. The highest BCUT2D eigenvalue weighted by atomic mass is 14.9. The third-order valence-electron chi connectivity index (χ3n) is 2.02. The Hall–Kier alpha value is -1.02. The normalized spacial score (nSPS) is 13.2. The molecule has 1 atom stereocenters. The molecule has 0 aliphatic heterocycles. The fourth-order valence-electron chi connectivity index (χ4n) is 1.38. The lowest BCUT2D eigenvalue weighted by atomic mass is 10.1. The molecule has 72 valence electrons. The van der Waals surface area contributed by atoms with Crippen LogP contribution >= 0.6 is 0 Å². The third-order valence-corrected chi connectivity index (χ3v) is 2.02. The molecule has 0 aromatic heterocycles. The Kier molecular flexibility index (Phi) is 3.32. The van der Waals surface area contributed by atoms with E-state index in [0.717, 1.165) is 5.69 Å². The molecular formula is C11H18N2. The first-order chi connectivity index (χ1) is 6.09. The molecule has 0 aliphatic carbocycles. The second kappa shape index (κ2) is 4.28. The van der Waals surface area contributed by atoms with E-state index in [1.54, 1.807) is 0 Å². The number of benzene rings is 1. The summed E-state index contributed by atoms with van der Waals surface area (Å²) in [5.74, 6) is 0. The molecule has 1 rings (SSSR count). The van der Waals surface area contributed by atoms with Crippen LogP contribution in [0, 0.1) is 0 Å². The highest BCUT2D eigenvalue weighted by Gasteiger charge is 2.05. The molecule has 0 amide bonds. The van der Waals surface area contributed by atoms with E-state index >= 15 is 0 Å². The van der Waals surface area contributed by atoms with Crippen LogP contribution in [0.1, 0.15) is 32.4 Å². The van der Waals surface area contributed by atoms with Crippen molar-refractivity contribution in [1.29, 1.82) is 0 Å². The van der Waals surface area contributed by atoms with Crippen molar-refractivity contribution in [3.63, 3.8) is 0 Å². The van der Waals surface area contributed by atoms with Gasteiger partial charge >= 0.3 is 0 Å². The number of nitrogen functional groups attached to an aromatic ring is 1. The Balaban J connectivity index is 2.66. The molecule has 2 heteroatoms. The second-order valence-corrected chi connectivity index (χ2v) is 3.71. The molecule has 0 saturated heterocycles. The zero-order chi connectivity index (χ0) is 9.84. The van der Waals surface area contributed by atoms with Gasteiger partial charge in [-0.25, -0.2) is 0 Å². The molecule has 0 fully saturated rings. The maximum atomic E-state index is 5.61. The summed E-state index contributed by atoms with van der Waals surface area (Å²) in [5.41, 5.74) is 7.71. The highest BCUT2D eigenvalue weighted by Crippen LogP contribution is 2.14. The first-order valence-corrected chi connectivity index (χ1v) is 4.71. The molecule has 0 heterocycles. The van der Waals surface area contributed by atoms with Crippen LogP contribution in [0.25, 0.3) is 0 Å². The van der Waals surface area contributed by atoms with Gasteiger partial charge in [-0.2, -0.15) is 0 Å². The molecule has 13 heavy (non-hydrogen) atoms. The van der Waals surface area contributed by atoms with Crippen molar-refractivity contribution >= 4 is 5.69 Å². The minimum atomic E-state index is 0.389. The summed E-state index contributed by atoms with van der Waals surface area (Å²) < 4.78 is 0. The summed E-state index contributed by atoms with van der Waals surface area (Å²) in [4.78, 5) is 0. The fourth-order valence-corrected chi connectivity index (χ4v) is 1.38. The van der Waals surface area contributed by atoms with Gasteiger partial charge in [0.25, 0.3) is 0 Å². The standard InChI is InChI=1S/C11H18N2/c1-8(2)13-9(3)10-4-6-11(12)7-5-10/h4-9,13H,12H2,1-3H3. The molecule has 1 aromatic rings. The SMILES string of the molecule is CC(C)NC(C)c1ccc(N)cc1. The lowest BCUT2D eigenvalue weighted by Gasteiger charge is -2.17. The molecule has 1 aromatic carbocycles. The van der Waals surface area contributed by atoms with Crippen molar-refractivity contribution in [3.8, 4) is 0 Å². The zero-order valence-electron chi connectivity index (χ0n) is 8.54. The number of nitrogens with two attached hydrogens (primary N) is 1. The topological polar surface area (TPSA) is 38.0 Å². The van der Waals surface area contributed by atoms with E-state index in [1.807, 2.05) is 12.1 Å². The zero-order valence-corrected chi connectivity index (χ0v) is 8.54. The van der Waals surface area contributed by atoms with Crippen LogP contribution in [0.15, 0.2) is 24.3 Å². The van der Waals surface area contributed by atoms with Gasteiger partial charge in [0.05, 0.1) is 0 Å². The van der Waals surface area contributed by atoms with Crippen LogP contribution < -0.4 is 11.1 Å². The van der Waals surface area contributed by atoms with Gasteiger partial charge in [0.2, 0.25) is 0 Å². The van der Waals surface area contributed by atoms with Crippen molar-refractivity contribution in [2.75, 3.05) is 5.73 Å². The Morgan fingerprint density at radius 2 is 1.62 bits per heavy atom. The summed E-state index contributed by atoms with van der Waals surface area (Å²) in [5, 5.41) is 3.44. The summed E-state index contributed by atoms with van der Waals surface area (Å²) in [6.07, 6.45) is 0. The number of anilines is 1. The predicted octanol–water partition coefficient (Wildman–Crippen LogP) is 2.33. The Bertz CT molecular complexity index is 251. The first kappa shape index (κ1) is 10.1. The first-order valence-electron chi connectivity index (χ1n) is 4.71. The van der Waals surface area contributed by atoms with E-state index in [0.29, 0.717) is 12.1 Å². The van der Waals surface area contributed by atoms with Gasteiger partial charge in [-0.3, -0.25) is 0 Å². The van der Waals surface area contributed by atoms with Crippen LogP contribution in [0.2, 0.25) is 0 Å². The number of hydrogen-bond acceptors (Lipinski definition) is 2. The Labute approximate surface area is 80.1 Å². The van der Waals surface area contributed by atoms with Crippen LogP contribution in [-0.4, -0.2) is 6.04 Å². The molecule has 0 aliphatic rings. The lowest BCUT2D eigenvalue weighted by molar-refractivity contribution is 0.506. The van der Waals surface area contributed by atoms with Gasteiger partial charge in [-0.15, -0.1) is 0 Å². The van der Waals surface area contributed by atoms with Crippen molar-refractivity contribution < 1.29 is 0 Å². The van der Waals surface area contributed by atoms with Crippen molar-refractivity contribution in [3.05, 3.63) is 29.8 Å². The minimum Gasteiger partial charge on any atom is -0.399 e. The average molecular weight is 178 g/mol. The summed E-state index contributed by atoms with van der Waals surface area (Å²) in [6, 6.07) is 8.90. The van der Waals surface area contributed by atoms with E-state index in [4.69, 9.17) is 5.73 Å². The van der Waals surface area contributed by atoms with E-state index in [2.05, 4.69) is 38.2 Å². The molecule has 0 radical (unpaired) electrons. The van der Waals surface area contributed by atoms with Crippen LogP contribution in [0.4, 0.5) is 5.69 Å². The molecule has 1 unspecified atom stereocenters. The Morgan fingerprint density at radius 3 is 2.08 bits per heavy atom. The smallest absolute Gasteiger partial charge is 0.0314 e. The molecular weight excluding hydrogens is 160 g/mol. The van der Waals surface area contributed by atoms with Crippen LogP contribution in [0.3, 0.4) is 0 Å². The van der Waals surface area contributed by atoms with Crippen LogP contribution in [0.5, 0.6) is 0 Å². The van der Waals surface area contributed by atoms with E-state index in [1.165, 1.54) is 5.56 Å². The van der Waals surface area contributed by atoms with E-state index in [9.17, 15) is 0 Å². The third kappa shape index (κ3) is 3.07. The molecule has 2 nitrogen and oxygen atoms in total. The van der Waals surface area contributed by atoms with Gasteiger partial charge in [0, 0.05) is 17.8 Å². The number of rotatable bonds is 3. The number of hydrogen-bond donors (Lipinski definition) is 2. The average Bonchev–Trinajstić information content (AvgIpc) is 2.04. The molecule has 0 bridgehead atoms. The highest BCUT2D eigenvalue weighted by molar-refractivity contribution is 5.39. The second-order valence-electron chi connectivity index (χ2n) is 3.71. The fraction of sp³-hybridized carbons (Fsp3) is 0.455. The van der Waals surface area contributed by atoms with Gasteiger partial charge in [0.1, 0.15) is 0 Å². The monoisotopic (exact) mass is 178 g/mol. The number of nitrogens with one attached hydrogen (secondary N) is 1. The van der Waals surface area contributed by atoms with Crippen LogP contribution in [-0.2, 0) is 0 Å². The maximum absolute atomic E-state index is 5.61. The van der Waals surface area contributed by atoms with Gasteiger partial charge < -0.3 is 11.1 Å². The van der Waals surface area contributed by atoms with Gasteiger partial charge in [-0.05, 0) is 24.6 Å². The van der Waals surface area contributed by atoms with E-state index < -0.39 is 0 Å². The summed E-state index contributed by atoms with van der Waals surface area (Å²) in [7, 11) is 0. The summed E-state index contributed by atoms with van der Waals surface area (Å²) >= 11 is 0.